The number of phenolic OH excluding ortho intramolecular Hbond substituents is 1. The van der Waals surface area contributed by atoms with Crippen LogP contribution in [0.4, 0.5) is 0 Å². The number of hydrogen-bond donors (Lipinski definition) is 1. The molecule has 2 bridgehead atoms. The minimum Gasteiger partial charge on any atom is -0.507 e. The molecule has 4 rings (SSSR count). The fourth-order valence-electron chi connectivity index (χ4n) is 4.60. The summed E-state index contributed by atoms with van der Waals surface area (Å²) in [4.78, 5) is 12.4. The number of allylic oxidation sites excluding steroid dienone is 4. The van der Waals surface area contributed by atoms with E-state index in [2.05, 4.69) is 32.6 Å². The molecule has 2 aliphatic carbocycles. The van der Waals surface area contributed by atoms with Crippen molar-refractivity contribution in [1.82, 2.24) is 0 Å². The Labute approximate surface area is 176 Å². The highest BCUT2D eigenvalue weighted by Gasteiger charge is 2.43. The summed E-state index contributed by atoms with van der Waals surface area (Å²) in [7, 11) is 0. The molecule has 2 aromatic rings. The second kappa shape index (κ2) is 7.38. The summed E-state index contributed by atoms with van der Waals surface area (Å²) in [5.74, 6) is 0.645. The molecule has 0 heterocycles. The van der Waals surface area contributed by atoms with Gasteiger partial charge in [-0.3, -0.25) is 0 Å². The normalized spacial score (nSPS) is 19.1. The highest BCUT2D eigenvalue weighted by molar-refractivity contribution is 6.31. The van der Waals surface area contributed by atoms with Crippen LogP contribution in [-0.4, -0.2) is 11.1 Å². The van der Waals surface area contributed by atoms with Gasteiger partial charge < -0.3 is 9.84 Å². The molecule has 1 N–H and O–H groups in total. The van der Waals surface area contributed by atoms with Gasteiger partial charge in [0.15, 0.2) is 0 Å². The highest BCUT2D eigenvalue weighted by Crippen LogP contribution is 2.61. The van der Waals surface area contributed by atoms with Gasteiger partial charge in [-0.15, -0.1) is 0 Å². The molecule has 4 heteroatoms. The van der Waals surface area contributed by atoms with E-state index in [1.54, 1.807) is 19.1 Å². The van der Waals surface area contributed by atoms with Gasteiger partial charge >= 0.3 is 5.97 Å². The van der Waals surface area contributed by atoms with Crippen molar-refractivity contribution in [3.8, 4) is 11.5 Å². The Kier molecular flexibility index (Phi) is 5.04. The number of aromatic hydroxyl groups is 1. The third-order valence-corrected chi connectivity index (χ3v) is 6.11. The quantitative estimate of drug-likeness (QED) is 0.252. The van der Waals surface area contributed by atoms with Gasteiger partial charge in [0.2, 0.25) is 0 Å². The lowest BCUT2D eigenvalue weighted by Gasteiger charge is -2.23. The number of hydrogen-bond acceptors (Lipinski definition) is 3. The van der Waals surface area contributed by atoms with Gasteiger partial charge in [-0.05, 0) is 58.2 Å². The minimum absolute atomic E-state index is 0.141. The summed E-state index contributed by atoms with van der Waals surface area (Å²) in [5.41, 5.74) is 4.84. The number of benzene rings is 2. The number of rotatable bonds is 5. The molecule has 0 saturated heterocycles. The van der Waals surface area contributed by atoms with Crippen LogP contribution in [-0.2, 0) is 4.79 Å². The van der Waals surface area contributed by atoms with Crippen molar-refractivity contribution < 1.29 is 14.6 Å². The first-order chi connectivity index (χ1) is 13.8. The maximum Gasteiger partial charge on any atom is 0.338 e. The Morgan fingerprint density at radius 3 is 2.72 bits per heavy atom. The van der Waals surface area contributed by atoms with Crippen molar-refractivity contribution in [3.63, 3.8) is 0 Å². The number of halogens is 1. The van der Waals surface area contributed by atoms with E-state index in [0.29, 0.717) is 27.1 Å². The molecule has 2 aromatic carbocycles. The molecule has 150 valence electrons. The molecule has 0 radical (unpaired) electrons. The van der Waals surface area contributed by atoms with Crippen molar-refractivity contribution in [2.75, 3.05) is 0 Å². The van der Waals surface area contributed by atoms with Gasteiger partial charge in [0.05, 0.1) is 0 Å². The van der Waals surface area contributed by atoms with E-state index in [4.69, 9.17) is 16.3 Å². The average Bonchev–Trinajstić information content (AvgIpc) is 3.23. The zero-order chi connectivity index (χ0) is 20.9. The van der Waals surface area contributed by atoms with Crippen LogP contribution in [0.2, 0.25) is 5.02 Å². The molecule has 0 aromatic heterocycles. The van der Waals surface area contributed by atoms with Crippen LogP contribution in [0.15, 0.2) is 53.6 Å². The number of fused-ring (bicyclic) bond motifs is 6. The van der Waals surface area contributed by atoms with Crippen molar-refractivity contribution in [1.29, 1.82) is 0 Å². The Morgan fingerprint density at radius 1 is 1.28 bits per heavy atom. The largest absolute Gasteiger partial charge is 0.507 e. The number of esters is 1. The minimum atomic E-state index is -0.452. The van der Waals surface area contributed by atoms with Gasteiger partial charge in [0.1, 0.15) is 11.5 Å². The van der Waals surface area contributed by atoms with E-state index in [-0.39, 0.29) is 17.6 Å². The van der Waals surface area contributed by atoms with Crippen LogP contribution in [0.1, 0.15) is 63.0 Å². The molecule has 2 unspecified atom stereocenters. The van der Waals surface area contributed by atoms with Crippen LogP contribution in [0, 0.1) is 0 Å². The predicted octanol–water partition coefficient (Wildman–Crippen LogP) is 6.94. The molecule has 0 amide bonds. The van der Waals surface area contributed by atoms with Crippen LogP contribution in [0.3, 0.4) is 0 Å². The van der Waals surface area contributed by atoms with Crippen molar-refractivity contribution in [2.24, 2.45) is 0 Å². The topological polar surface area (TPSA) is 46.5 Å². The Balaban J connectivity index is 1.86. The lowest BCUT2D eigenvalue weighted by atomic mass is 9.85. The second-order valence-corrected chi connectivity index (χ2v) is 8.76. The van der Waals surface area contributed by atoms with Gasteiger partial charge in [-0.25, -0.2) is 4.79 Å². The Morgan fingerprint density at radius 2 is 2.03 bits per heavy atom. The molecule has 3 nitrogen and oxygen atoms in total. The van der Waals surface area contributed by atoms with E-state index in [1.807, 2.05) is 6.07 Å². The molecular weight excluding hydrogens is 384 g/mol. The summed E-state index contributed by atoms with van der Waals surface area (Å²) >= 11 is 6.18. The maximum absolute atomic E-state index is 12.4. The monoisotopic (exact) mass is 408 g/mol. The Hall–Kier alpha value is -2.52. The van der Waals surface area contributed by atoms with Crippen molar-refractivity contribution >= 4 is 28.3 Å². The highest BCUT2D eigenvalue weighted by atomic mass is 35.5. The molecule has 2 atom stereocenters. The molecule has 2 aliphatic rings. The first kappa shape index (κ1) is 19.8. The molecule has 29 heavy (non-hydrogen) atoms. The lowest BCUT2D eigenvalue weighted by Crippen LogP contribution is -2.12. The van der Waals surface area contributed by atoms with E-state index < -0.39 is 5.97 Å². The van der Waals surface area contributed by atoms with Crippen molar-refractivity contribution in [3.05, 3.63) is 69.8 Å². The molecule has 0 spiro atoms. The van der Waals surface area contributed by atoms with Crippen LogP contribution >= 0.6 is 11.6 Å². The van der Waals surface area contributed by atoms with E-state index in [0.717, 1.165) is 30.4 Å². The lowest BCUT2D eigenvalue weighted by molar-refractivity contribution is -0.130. The summed E-state index contributed by atoms with van der Waals surface area (Å²) in [5, 5.41) is 12.9. The van der Waals surface area contributed by atoms with Gasteiger partial charge in [-0.1, -0.05) is 41.5 Å². The SMILES string of the molecule is C=C(C)C(=O)Oc1c2c(c(O)c3cc(Cl)ccc13)C1C=C(CCC=C(C)C)C2C1. The van der Waals surface area contributed by atoms with Gasteiger partial charge in [0.25, 0.3) is 0 Å². The molecular formula is C25H25ClO3. The standard InChI is InChI=1S/C25H25ClO3/c1-13(2)6-5-7-15-10-16-11-19(15)22-21(16)23(27)20-12-17(26)8-9-18(20)24(22)29-25(28)14(3)4/h6,8-10,12,16,19,27H,3,5,7,11H2,1-2,4H3. The summed E-state index contributed by atoms with van der Waals surface area (Å²) in [6.07, 6.45) is 7.40. The zero-order valence-corrected chi connectivity index (χ0v) is 17.8. The third kappa shape index (κ3) is 3.38. The number of ether oxygens (including phenoxy) is 1. The van der Waals surface area contributed by atoms with Crippen LogP contribution < -0.4 is 4.74 Å². The van der Waals surface area contributed by atoms with E-state index in [9.17, 15) is 9.90 Å². The van der Waals surface area contributed by atoms with Gasteiger partial charge in [0, 0.05) is 44.3 Å². The number of carbonyl (C=O) groups is 1. The molecule has 0 saturated carbocycles. The first-order valence-corrected chi connectivity index (χ1v) is 10.3. The summed E-state index contributed by atoms with van der Waals surface area (Å²) in [6.45, 7) is 9.56. The van der Waals surface area contributed by atoms with E-state index in [1.165, 1.54) is 11.1 Å². The maximum atomic E-state index is 12.4. The smallest absolute Gasteiger partial charge is 0.338 e. The average molecular weight is 409 g/mol. The first-order valence-electron chi connectivity index (χ1n) is 9.97. The van der Waals surface area contributed by atoms with Crippen LogP contribution in [0.25, 0.3) is 10.8 Å². The van der Waals surface area contributed by atoms with Crippen molar-refractivity contribution in [2.45, 2.75) is 51.9 Å². The van der Waals surface area contributed by atoms with Crippen LogP contribution in [0.5, 0.6) is 11.5 Å². The van der Waals surface area contributed by atoms with E-state index >= 15 is 0 Å². The fourth-order valence-corrected chi connectivity index (χ4v) is 4.77. The summed E-state index contributed by atoms with van der Waals surface area (Å²) < 4.78 is 5.84. The summed E-state index contributed by atoms with van der Waals surface area (Å²) in [6, 6.07) is 5.31. The fraction of sp³-hybridized carbons (Fsp3) is 0.320. The third-order valence-electron chi connectivity index (χ3n) is 5.87. The number of carbonyl (C=O) groups excluding carboxylic acids is 1. The predicted molar refractivity (Wildman–Crippen MR) is 118 cm³/mol. The Bertz CT molecular complexity index is 1100. The second-order valence-electron chi connectivity index (χ2n) is 8.32. The number of phenols is 1. The van der Waals surface area contributed by atoms with Gasteiger partial charge in [-0.2, -0.15) is 0 Å². The molecule has 0 fully saturated rings. The zero-order valence-electron chi connectivity index (χ0n) is 17.0. The molecule has 0 aliphatic heterocycles.